The minimum atomic E-state index is 0.0280. The van der Waals surface area contributed by atoms with E-state index in [1.54, 1.807) is 0 Å². The van der Waals surface area contributed by atoms with Crippen LogP contribution in [-0.4, -0.2) is 22.0 Å². The van der Waals surface area contributed by atoms with Crippen LogP contribution < -0.4 is 5.32 Å². The van der Waals surface area contributed by atoms with Crippen molar-refractivity contribution in [3.8, 4) is 0 Å². The van der Waals surface area contributed by atoms with E-state index in [9.17, 15) is 0 Å². The Morgan fingerprint density at radius 2 is 2.20 bits per heavy atom. The van der Waals surface area contributed by atoms with Gasteiger partial charge in [-0.2, -0.15) is 0 Å². The lowest BCUT2D eigenvalue weighted by molar-refractivity contribution is 0.519. The molecular weight excluding hydrogens is 252 g/mol. The predicted molar refractivity (Wildman–Crippen MR) is 77.4 cm³/mol. The molecule has 1 N–H and O–H groups in total. The second-order valence-corrected chi connectivity index (χ2v) is 4.79. The summed E-state index contributed by atoms with van der Waals surface area (Å²) in [7, 11) is 1.94. The van der Waals surface area contributed by atoms with Crippen molar-refractivity contribution in [2.45, 2.75) is 25.9 Å². The summed E-state index contributed by atoms with van der Waals surface area (Å²) in [5.41, 5.74) is 3.07. The number of nitrogens with one attached hydrogen (secondary N) is 1. The van der Waals surface area contributed by atoms with Crippen LogP contribution in [0.25, 0.3) is 11.0 Å². The summed E-state index contributed by atoms with van der Waals surface area (Å²) < 4.78 is 7.59. The Morgan fingerprint density at radius 3 is 3.00 bits per heavy atom. The molecule has 0 saturated carbocycles. The largest absolute Gasteiger partial charge is 0.464 e. The van der Waals surface area contributed by atoms with Gasteiger partial charge < -0.3 is 9.73 Å². The van der Waals surface area contributed by atoms with Crippen molar-refractivity contribution < 1.29 is 4.42 Å². The molecule has 0 fully saturated rings. The molecule has 0 saturated heterocycles. The average Bonchev–Trinajstić information content (AvgIpc) is 3.09. The van der Waals surface area contributed by atoms with E-state index in [0.29, 0.717) is 0 Å². The van der Waals surface area contributed by atoms with Gasteiger partial charge in [0.25, 0.3) is 0 Å². The third kappa shape index (κ3) is 2.10. The summed E-state index contributed by atoms with van der Waals surface area (Å²) in [5, 5.41) is 12.7. The van der Waals surface area contributed by atoms with E-state index < -0.39 is 0 Å². The molecule has 1 atom stereocenters. The van der Waals surface area contributed by atoms with Gasteiger partial charge in [0.15, 0.2) is 0 Å². The lowest BCUT2D eigenvalue weighted by Crippen LogP contribution is -2.21. The first-order valence-corrected chi connectivity index (χ1v) is 6.87. The Bertz CT molecular complexity index is 701. The molecule has 3 aromatic rings. The molecule has 3 rings (SSSR count). The predicted octanol–water partition coefficient (Wildman–Crippen LogP) is 2.74. The van der Waals surface area contributed by atoms with E-state index in [0.717, 1.165) is 35.2 Å². The zero-order valence-corrected chi connectivity index (χ0v) is 11.7. The molecule has 2 heterocycles. The van der Waals surface area contributed by atoms with Gasteiger partial charge in [0.2, 0.25) is 0 Å². The summed E-state index contributed by atoms with van der Waals surface area (Å²) in [5.74, 6) is 0. The fraction of sp³-hybridized carbons (Fsp3) is 0.333. The quantitative estimate of drug-likeness (QED) is 0.774. The van der Waals surface area contributed by atoms with Crippen molar-refractivity contribution in [1.82, 2.24) is 20.3 Å². The van der Waals surface area contributed by atoms with Gasteiger partial charge in [0.05, 0.1) is 24.2 Å². The normalized spacial score (nSPS) is 12.9. The number of nitrogens with zero attached hydrogens (tertiary/aromatic N) is 3. The molecule has 104 valence electrons. The smallest absolute Gasteiger partial charge is 0.134 e. The first-order chi connectivity index (χ1) is 9.85. The summed E-state index contributed by atoms with van der Waals surface area (Å²) in [6.07, 6.45) is 4.66. The fourth-order valence-electron chi connectivity index (χ4n) is 2.56. The van der Waals surface area contributed by atoms with Gasteiger partial charge in [-0.1, -0.05) is 30.3 Å². The maximum Gasteiger partial charge on any atom is 0.134 e. The number of rotatable bonds is 5. The highest BCUT2D eigenvalue weighted by Crippen LogP contribution is 2.29. The van der Waals surface area contributed by atoms with E-state index in [1.807, 2.05) is 42.4 Å². The third-order valence-corrected chi connectivity index (χ3v) is 3.49. The number of hydrogen-bond acceptors (Lipinski definition) is 4. The van der Waals surface area contributed by atoms with Gasteiger partial charge in [-0.25, -0.2) is 4.68 Å². The molecule has 2 aromatic heterocycles. The second kappa shape index (κ2) is 5.46. The molecule has 1 aromatic carbocycles. The molecule has 0 bridgehead atoms. The van der Waals surface area contributed by atoms with Crippen LogP contribution in [0.2, 0.25) is 0 Å². The number of para-hydroxylation sites is 1. The van der Waals surface area contributed by atoms with Gasteiger partial charge in [-0.05, 0) is 19.5 Å². The van der Waals surface area contributed by atoms with Gasteiger partial charge in [0.1, 0.15) is 5.58 Å². The number of furan rings is 1. The highest BCUT2D eigenvalue weighted by atomic mass is 16.3. The van der Waals surface area contributed by atoms with Crippen LogP contribution in [-0.2, 0) is 6.54 Å². The average molecular weight is 270 g/mol. The van der Waals surface area contributed by atoms with E-state index in [1.165, 1.54) is 0 Å². The molecule has 5 heteroatoms. The number of aryl methyl sites for hydroxylation is 1. The van der Waals surface area contributed by atoms with Gasteiger partial charge in [-0.15, -0.1) is 5.10 Å². The first kappa shape index (κ1) is 12.9. The first-order valence-electron chi connectivity index (χ1n) is 6.87. The van der Waals surface area contributed by atoms with Gasteiger partial charge in [0, 0.05) is 17.5 Å². The molecule has 0 amide bonds. The zero-order valence-electron chi connectivity index (χ0n) is 11.7. The monoisotopic (exact) mass is 270 g/mol. The Kier molecular flexibility index (Phi) is 3.52. The number of aromatic nitrogens is 3. The maximum atomic E-state index is 5.64. The van der Waals surface area contributed by atoms with E-state index in [-0.39, 0.29) is 6.04 Å². The number of hydrogen-bond donors (Lipinski definition) is 1. The van der Waals surface area contributed by atoms with Crippen molar-refractivity contribution in [3.63, 3.8) is 0 Å². The van der Waals surface area contributed by atoms with Crippen molar-refractivity contribution >= 4 is 11.0 Å². The van der Waals surface area contributed by atoms with Crippen molar-refractivity contribution in [1.29, 1.82) is 0 Å². The van der Waals surface area contributed by atoms with Crippen molar-refractivity contribution in [3.05, 3.63) is 48.0 Å². The maximum absolute atomic E-state index is 5.64. The number of fused-ring (bicyclic) bond motifs is 1. The topological polar surface area (TPSA) is 55.9 Å². The molecule has 5 nitrogen and oxygen atoms in total. The molecule has 0 spiro atoms. The highest BCUT2D eigenvalue weighted by Gasteiger charge is 2.21. The van der Waals surface area contributed by atoms with Crippen LogP contribution in [0.1, 0.15) is 30.6 Å². The van der Waals surface area contributed by atoms with Crippen LogP contribution in [0.5, 0.6) is 0 Å². The Labute approximate surface area is 117 Å². The second-order valence-electron chi connectivity index (χ2n) is 4.79. The fourth-order valence-corrected chi connectivity index (χ4v) is 2.56. The molecule has 20 heavy (non-hydrogen) atoms. The molecule has 0 aliphatic carbocycles. The summed E-state index contributed by atoms with van der Waals surface area (Å²) in [6.45, 7) is 3.00. The van der Waals surface area contributed by atoms with Crippen molar-refractivity contribution in [2.24, 2.45) is 0 Å². The lowest BCUT2D eigenvalue weighted by Gasteiger charge is -2.16. The number of benzene rings is 1. The Balaban J connectivity index is 2.07. The van der Waals surface area contributed by atoms with Gasteiger partial charge in [-0.3, -0.25) is 0 Å². The molecular formula is C15H18N4O. The minimum Gasteiger partial charge on any atom is -0.464 e. The zero-order chi connectivity index (χ0) is 13.9. The SMILES string of the molecule is CCCn1nncc1C(NC)c1coc2ccccc12. The van der Waals surface area contributed by atoms with Crippen LogP contribution in [0, 0.1) is 0 Å². The summed E-state index contributed by atoms with van der Waals surface area (Å²) in [4.78, 5) is 0. The van der Waals surface area contributed by atoms with Crippen LogP contribution in [0.3, 0.4) is 0 Å². The third-order valence-electron chi connectivity index (χ3n) is 3.49. The summed E-state index contributed by atoms with van der Waals surface area (Å²) in [6, 6.07) is 8.09. The Morgan fingerprint density at radius 1 is 1.35 bits per heavy atom. The van der Waals surface area contributed by atoms with E-state index in [4.69, 9.17) is 4.42 Å². The molecule has 1 unspecified atom stereocenters. The summed E-state index contributed by atoms with van der Waals surface area (Å²) >= 11 is 0. The minimum absolute atomic E-state index is 0.0280. The Hall–Kier alpha value is -2.14. The van der Waals surface area contributed by atoms with Crippen LogP contribution >= 0.6 is 0 Å². The highest BCUT2D eigenvalue weighted by molar-refractivity contribution is 5.81. The van der Waals surface area contributed by atoms with Gasteiger partial charge >= 0.3 is 0 Å². The van der Waals surface area contributed by atoms with Crippen LogP contribution in [0.15, 0.2) is 41.1 Å². The van der Waals surface area contributed by atoms with Crippen LogP contribution in [0.4, 0.5) is 0 Å². The van der Waals surface area contributed by atoms with Crippen molar-refractivity contribution in [2.75, 3.05) is 7.05 Å². The molecule has 0 aliphatic rings. The molecule has 0 aliphatic heterocycles. The van der Waals surface area contributed by atoms with E-state index >= 15 is 0 Å². The molecule has 0 radical (unpaired) electrons. The standard InChI is InChI=1S/C15H18N4O/c1-3-8-19-13(9-17-18-19)15(16-2)12-10-20-14-7-5-4-6-11(12)14/h4-7,9-10,15-16H,3,8H2,1-2H3. The van der Waals surface area contributed by atoms with E-state index in [2.05, 4.69) is 28.6 Å². The lowest BCUT2D eigenvalue weighted by atomic mass is 10.0.